The van der Waals surface area contributed by atoms with Crippen molar-refractivity contribution in [2.45, 2.75) is 53.0 Å². The van der Waals surface area contributed by atoms with Crippen LogP contribution in [0.25, 0.3) is 21.2 Å². The van der Waals surface area contributed by atoms with Crippen LogP contribution in [0.2, 0.25) is 0 Å². The third kappa shape index (κ3) is 5.32. The molecule has 0 spiro atoms. The number of thiophene rings is 1. The third-order valence-electron chi connectivity index (χ3n) is 7.04. The van der Waals surface area contributed by atoms with Crippen LogP contribution < -0.4 is 5.56 Å². The minimum atomic E-state index is 0.0520. The van der Waals surface area contributed by atoms with Crippen molar-refractivity contribution in [2.75, 3.05) is 0 Å². The second kappa shape index (κ2) is 11.2. The fourth-order valence-electron chi connectivity index (χ4n) is 4.96. The van der Waals surface area contributed by atoms with Gasteiger partial charge in [-0.05, 0) is 67.0 Å². The van der Waals surface area contributed by atoms with Gasteiger partial charge in [-0.25, -0.2) is 4.98 Å². The van der Waals surface area contributed by atoms with E-state index in [0.717, 1.165) is 57.9 Å². The second-order valence-corrected chi connectivity index (χ2v) is 11.0. The van der Waals surface area contributed by atoms with Crippen LogP contribution in [0.5, 0.6) is 0 Å². The van der Waals surface area contributed by atoms with Gasteiger partial charge in [0.2, 0.25) is 0 Å². The van der Waals surface area contributed by atoms with Crippen LogP contribution in [0.4, 0.5) is 0 Å². The number of benzene rings is 3. The summed E-state index contributed by atoms with van der Waals surface area (Å²) in [7, 11) is 0. The summed E-state index contributed by atoms with van der Waals surface area (Å²) in [4.78, 5) is 20.0. The number of unbranched alkanes of at least 4 members (excludes halogenated alkanes) is 1. The summed E-state index contributed by atoms with van der Waals surface area (Å²) in [5, 5.41) is 10.7. The number of fused-ring (bicyclic) bond motifs is 1. The summed E-state index contributed by atoms with van der Waals surface area (Å²) in [5.74, 6) is 0.766. The predicted octanol–water partition coefficient (Wildman–Crippen LogP) is 7.60. The molecule has 5 heteroatoms. The van der Waals surface area contributed by atoms with E-state index in [9.17, 15) is 10.1 Å². The van der Waals surface area contributed by atoms with Crippen LogP contribution in [-0.4, -0.2) is 9.55 Å². The minimum absolute atomic E-state index is 0.0520. The molecule has 5 aromatic rings. The van der Waals surface area contributed by atoms with E-state index in [2.05, 4.69) is 56.3 Å². The zero-order valence-electron chi connectivity index (χ0n) is 22.1. The summed E-state index contributed by atoms with van der Waals surface area (Å²) >= 11 is 1.74. The van der Waals surface area contributed by atoms with Gasteiger partial charge < -0.3 is 0 Å². The highest BCUT2D eigenvalue weighted by molar-refractivity contribution is 7.19. The Labute approximate surface area is 227 Å². The first-order chi connectivity index (χ1) is 18.5. The fraction of sp³-hybridized carbons (Fsp3) is 0.242. The van der Waals surface area contributed by atoms with E-state index in [1.54, 1.807) is 11.3 Å². The maximum Gasteiger partial charge on any atom is 0.257 e. The minimum Gasteiger partial charge on any atom is -0.291 e. The summed E-state index contributed by atoms with van der Waals surface area (Å²) < 4.78 is 3.07. The van der Waals surface area contributed by atoms with Crippen molar-refractivity contribution < 1.29 is 0 Å². The van der Waals surface area contributed by atoms with Gasteiger partial charge in [-0.1, -0.05) is 73.5 Å². The van der Waals surface area contributed by atoms with Gasteiger partial charge in [0.25, 0.3) is 5.56 Å². The summed E-state index contributed by atoms with van der Waals surface area (Å²) in [6.07, 6.45) is 3.40. The van der Waals surface area contributed by atoms with E-state index in [4.69, 9.17) is 4.98 Å². The highest BCUT2D eigenvalue weighted by atomic mass is 32.1. The van der Waals surface area contributed by atoms with Gasteiger partial charge in [0.15, 0.2) is 0 Å². The van der Waals surface area contributed by atoms with E-state index < -0.39 is 0 Å². The van der Waals surface area contributed by atoms with Crippen LogP contribution >= 0.6 is 11.3 Å². The van der Waals surface area contributed by atoms with Gasteiger partial charge in [-0.2, -0.15) is 5.26 Å². The van der Waals surface area contributed by atoms with E-state index in [1.165, 1.54) is 15.6 Å². The van der Waals surface area contributed by atoms with E-state index in [0.29, 0.717) is 18.5 Å². The molecule has 2 aromatic heterocycles. The average Bonchev–Trinajstić information content (AvgIpc) is 3.33. The lowest BCUT2D eigenvalue weighted by molar-refractivity contribution is 0.667. The van der Waals surface area contributed by atoms with Crippen molar-refractivity contribution in [3.63, 3.8) is 0 Å². The zero-order valence-corrected chi connectivity index (χ0v) is 22.9. The normalized spacial score (nSPS) is 11.1. The highest BCUT2D eigenvalue weighted by Crippen LogP contribution is 2.28. The van der Waals surface area contributed by atoms with Gasteiger partial charge in [0.1, 0.15) is 5.82 Å². The highest BCUT2D eigenvalue weighted by Gasteiger charge is 2.17. The van der Waals surface area contributed by atoms with E-state index in [-0.39, 0.29) is 5.56 Å². The molecule has 3 aromatic carbocycles. The van der Waals surface area contributed by atoms with Crippen molar-refractivity contribution in [1.29, 1.82) is 5.26 Å². The molecule has 2 heterocycles. The Balaban J connectivity index is 1.49. The van der Waals surface area contributed by atoms with Gasteiger partial charge >= 0.3 is 0 Å². The number of nitrogens with zero attached hydrogens (tertiary/aromatic N) is 3. The Hall–Kier alpha value is -4.01. The third-order valence-corrected chi connectivity index (χ3v) is 8.14. The van der Waals surface area contributed by atoms with Crippen molar-refractivity contribution in [2.24, 2.45) is 0 Å². The monoisotopic (exact) mass is 517 g/mol. The molecule has 0 aliphatic heterocycles. The van der Waals surface area contributed by atoms with E-state index >= 15 is 0 Å². The summed E-state index contributed by atoms with van der Waals surface area (Å²) in [5.41, 5.74) is 6.62. The maximum atomic E-state index is 13.9. The van der Waals surface area contributed by atoms with Crippen molar-refractivity contribution in [1.82, 2.24) is 9.55 Å². The number of aryl methyl sites for hydroxylation is 3. The Morgan fingerprint density at radius 1 is 1.00 bits per heavy atom. The molecule has 0 amide bonds. The SMILES string of the molecule is CCCCc1nc(C)n(Cc2cc3cc(C)ccc3s2)c(=O)c1Cc1ccc(-c2ccccc2C#N)cc1. The van der Waals surface area contributed by atoms with Crippen LogP contribution in [0, 0.1) is 25.2 Å². The fourth-order valence-corrected chi connectivity index (χ4v) is 6.00. The quantitative estimate of drug-likeness (QED) is 0.213. The Bertz CT molecular complexity index is 1700. The Morgan fingerprint density at radius 3 is 2.55 bits per heavy atom. The van der Waals surface area contributed by atoms with Gasteiger partial charge in [-0.15, -0.1) is 11.3 Å². The molecular formula is C33H31N3OS. The largest absolute Gasteiger partial charge is 0.291 e. The molecule has 5 rings (SSSR count). The Kier molecular flexibility index (Phi) is 7.53. The predicted molar refractivity (Wildman–Crippen MR) is 157 cm³/mol. The number of hydrogen-bond acceptors (Lipinski definition) is 4. The van der Waals surface area contributed by atoms with Crippen LogP contribution in [0.15, 0.2) is 77.6 Å². The summed E-state index contributed by atoms with van der Waals surface area (Å²) in [6.45, 7) is 6.74. The molecule has 0 bridgehead atoms. The van der Waals surface area contributed by atoms with E-state index in [1.807, 2.05) is 47.9 Å². The molecule has 0 unspecified atom stereocenters. The molecule has 0 N–H and O–H groups in total. The van der Waals surface area contributed by atoms with Crippen molar-refractivity contribution >= 4 is 21.4 Å². The zero-order chi connectivity index (χ0) is 26.6. The molecule has 0 saturated heterocycles. The first kappa shape index (κ1) is 25.6. The molecule has 0 aliphatic rings. The smallest absolute Gasteiger partial charge is 0.257 e. The molecule has 0 radical (unpaired) electrons. The van der Waals surface area contributed by atoms with Crippen molar-refractivity contribution in [3.05, 3.63) is 122 Å². The number of hydrogen-bond donors (Lipinski definition) is 0. The molecule has 38 heavy (non-hydrogen) atoms. The lowest BCUT2D eigenvalue weighted by Gasteiger charge is -2.15. The lowest BCUT2D eigenvalue weighted by Crippen LogP contribution is -2.29. The van der Waals surface area contributed by atoms with Gasteiger partial charge in [-0.3, -0.25) is 9.36 Å². The van der Waals surface area contributed by atoms with Crippen molar-refractivity contribution in [3.8, 4) is 17.2 Å². The molecule has 0 fully saturated rings. The van der Waals surface area contributed by atoms with Gasteiger partial charge in [0.05, 0.1) is 23.9 Å². The van der Waals surface area contributed by atoms with Crippen LogP contribution in [-0.2, 0) is 19.4 Å². The second-order valence-electron chi connectivity index (χ2n) is 9.86. The lowest BCUT2D eigenvalue weighted by atomic mass is 9.97. The topological polar surface area (TPSA) is 58.7 Å². The number of aromatic nitrogens is 2. The first-order valence-electron chi connectivity index (χ1n) is 13.1. The molecule has 190 valence electrons. The molecule has 0 atom stereocenters. The molecular weight excluding hydrogens is 486 g/mol. The maximum absolute atomic E-state index is 13.9. The van der Waals surface area contributed by atoms with Crippen LogP contribution in [0.1, 0.15) is 58.4 Å². The number of rotatable bonds is 8. The van der Waals surface area contributed by atoms with Gasteiger partial charge in [0, 0.05) is 21.6 Å². The molecule has 4 nitrogen and oxygen atoms in total. The summed E-state index contributed by atoms with van der Waals surface area (Å²) in [6, 6.07) is 26.8. The average molecular weight is 518 g/mol. The number of nitriles is 1. The molecule has 0 aliphatic carbocycles. The Morgan fingerprint density at radius 2 is 1.79 bits per heavy atom. The molecule has 0 saturated carbocycles. The first-order valence-corrected chi connectivity index (χ1v) is 13.9. The van der Waals surface area contributed by atoms with Crippen LogP contribution in [0.3, 0.4) is 0 Å². The standard InChI is InChI=1S/C33H31N3OS/c1-4-5-10-31-30(18-24-12-14-25(15-13-24)29-9-7-6-8-26(29)20-34)33(37)36(23(3)35-31)21-28-19-27-17-22(2)11-16-32(27)38-28/h6-9,11-17,19H,4-5,10,18,21H2,1-3H3.